The van der Waals surface area contributed by atoms with E-state index in [1.165, 1.54) is 17.1 Å². The number of nitrogens with zero attached hydrogens (tertiary/aromatic N) is 3. The van der Waals surface area contributed by atoms with Gasteiger partial charge in [0, 0.05) is 25.4 Å². The summed E-state index contributed by atoms with van der Waals surface area (Å²) < 4.78 is 1.45. The van der Waals surface area contributed by atoms with Gasteiger partial charge in [0.05, 0.1) is 22.4 Å². The number of anilines is 1. The molecule has 2 rings (SSSR count). The van der Waals surface area contributed by atoms with Crippen LogP contribution in [0.2, 0.25) is 0 Å². The number of hydrogen-bond donors (Lipinski definition) is 2. The zero-order chi connectivity index (χ0) is 14.0. The molecule has 0 unspecified atom stereocenters. The molecule has 0 aliphatic carbocycles. The van der Waals surface area contributed by atoms with Gasteiger partial charge < -0.3 is 10.4 Å². The molecule has 1 heterocycles. The smallest absolute Gasteiger partial charge is 0.271 e. The van der Waals surface area contributed by atoms with Gasteiger partial charge in [0.15, 0.2) is 0 Å². The fraction of sp³-hybridized carbons (Fsp3) is 0.0909. The lowest BCUT2D eigenvalue weighted by Gasteiger charge is -2.05. The Morgan fingerprint density at radius 3 is 2.84 bits per heavy atom. The van der Waals surface area contributed by atoms with E-state index < -0.39 is 10.8 Å². The molecule has 8 heteroatoms. The highest BCUT2D eigenvalue weighted by Crippen LogP contribution is 2.28. The number of carbonyl (C=O) groups is 1. The van der Waals surface area contributed by atoms with Crippen molar-refractivity contribution in [2.45, 2.75) is 0 Å². The highest BCUT2D eigenvalue weighted by Gasteiger charge is 2.14. The summed E-state index contributed by atoms with van der Waals surface area (Å²) in [6.07, 6.45) is 2.84. The first kappa shape index (κ1) is 12.6. The Kier molecular flexibility index (Phi) is 3.15. The monoisotopic (exact) mass is 262 g/mol. The van der Waals surface area contributed by atoms with Crippen LogP contribution in [-0.2, 0) is 7.05 Å². The number of nitrogens with one attached hydrogen (secondary N) is 1. The number of aryl methyl sites for hydroxylation is 1. The average molecular weight is 262 g/mol. The lowest BCUT2D eigenvalue weighted by atomic mass is 10.2. The Labute approximate surface area is 107 Å². The van der Waals surface area contributed by atoms with Crippen molar-refractivity contribution in [1.29, 1.82) is 0 Å². The fourth-order valence-corrected chi connectivity index (χ4v) is 1.47. The quantitative estimate of drug-likeness (QED) is 0.492. The number of phenolic OH excluding ortho intramolecular Hbond substituents is 1. The molecule has 0 atom stereocenters. The normalized spacial score (nSPS) is 10.2. The zero-order valence-corrected chi connectivity index (χ0v) is 9.90. The summed E-state index contributed by atoms with van der Waals surface area (Å²) in [5.41, 5.74) is 0.0377. The van der Waals surface area contributed by atoms with Crippen molar-refractivity contribution in [2.24, 2.45) is 7.05 Å². The molecule has 1 amide bonds. The third-order valence-electron chi connectivity index (χ3n) is 2.41. The van der Waals surface area contributed by atoms with Gasteiger partial charge in [-0.2, -0.15) is 5.10 Å². The second-order valence-electron chi connectivity index (χ2n) is 3.82. The Balaban J connectivity index is 2.25. The lowest BCUT2D eigenvalue weighted by molar-refractivity contribution is -0.384. The number of nitro benzene ring substituents is 1. The van der Waals surface area contributed by atoms with Gasteiger partial charge in [-0.1, -0.05) is 0 Å². The van der Waals surface area contributed by atoms with Crippen molar-refractivity contribution < 1.29 is 14.8 Å². The summed E-state index contributed by atoms with van der Waals surface area (Å²) in [7, 11) is 1.65. The van der Waals surface area contributed by atoms with Crippen LogP contribution in [0.3, 0.4) is 0 Å². The van der Waals surface area contributed by atoms with Crippen LogP contribution in [0.5, 0.6) is 5.75 Å². The Bertz CT molecular complexity index is 650. The molecule has 0 aliphatic rings. The third-order valence-corrected chi connectivity index (χ3v) is 2.41. The van der Waals surface area contributed by atoms with Gasteiger partial charge in [-0.05, 0) is 6.07 Å². The molecule has 1 aromatic carbocycles. The van der Waals surface area contributed by atoms with Crippen LogP contribution in [0.4, 0.5) is 11.4 Å². The number of phenols is 1. The SMILES string of the molecule is Cn1cc(C(=O)Nc2cc([N+](=O)[O-])ccc2O)cn1. The van der Waals surface area contributed by atoms with Gasteiger partial charge >= 0.3 is 0 Å². The van der Waals surface area contributed by atoms with Crippen LogP contribution >= 0.6 is 0 Å². The summed E-state index contributed by atoms with van der Waals surface area (Å²) in [4.78, 5) is 21.8. The molecule has 0 aliphatic heterocycles. The Hall–Kier alpha value is -2.90. The molecule has 0 radical (unpaired) electrons. The van der Waals surface area contributed by atoms with Crippen molar-refractivity contribution in [1.82, 2.24) is 9.78 Å². The first-order valence-corrected chi connectivity index (χ1v) is 5.25. The van der Waals surface area contributed by atoms with Crippen LogP contribution in [-0.4, -0.2) is 25.7 Å². The number of aromatic nitrogens is 2. The van der Waals surface area contributed by atoms with E-state index in [9.17, 15) is 20.0 Å². The minimum atomic E-state index is -0.612. The zero-order valence-electron chi connectivity index (χ0n) is 9.90. The Morgan fingerprint density at radius 2 is 2.26 bits per heavy atom. The molecule has 0 saturated heterocycles. The minimum absolute atomic E-state index is 0.0250. The molecule has 0 spiro atoms. The van der Waals surface area contributed by atoms with Crippen LogP contribution in [0.1, 0.15) is 10.4 Å². The van der Waals surface area contributed by atoms with E-state index in [1.807, 2.05) is 0 Å². The number of aromatic hydroxyl groups is 1. The van der Waals surface area contributed by atoms with E-state index in [0.717, 1.165) is 18.2 Å². The highest BCUT2D eigenvalue weighted by atomic mass is 16.6. The van der Waals surface area contributed by atoms with Crippen LogP contribution < -0.4 is 5.32 Å². The van der Waals surface area contributed by atoms with Crippen molar-refractivity contribution in [3.63, 3.8) is 0 Å². The number of benzene rings is 1. The first-order chi connectivity index (χ1) is 8.97. The van der Waals surface area contributed by atoms with Gasteiger partial charge in [-0.15, -0.1) is 0 Å². The number of carbonyl (C=O) groups excluding carboxylic acids is 1. The van der Waals surface area contributed by atoms with E-state index in [1.54, 1.807) is 7.05 Å². The third kappa shape index (κ3) is 2.68. The predicted octanol–water partition coefficient (Wildman–Crippen LogP) is 1.29. The van der Waals surface area contributed by atoms with Gasteiger partial charge in [-0.25, -0.2) is 0 Å². The molecule has 1 aromatic heterocycles. The fourth-order valence-electron chi connectivity index (χ4n) is 1.47. The second kappa shape index (κ2) is 4.77. The molecule has 0 fully saturated rings. The van der Waals surface area contributed by atoms with E-state index in [2.05, 4.69) is 10.4 Å². The molecule has 19 heavy (non-hydrogen) atoms. The first-order valence-electron chi connectivity index (χ1n) is 5.25. The molecular formula is C11H10N4O4. The maximum Gasteiger partial charge on any atom is 0.271 e. The summed E-state index contributed by atoms with van der Waals surface area (Å²) in [6, 6.07) is 3.38. The van der Waals surface area contributed by atoms with Gasteiger partial charge in [-0.3, -0.25) is 19.6 Å². The lowest BCUT2D eigenvalue weighted by Crippen LogP contribution is -2.11. The van der Waals surface area contributed by atoms with Crippen molar-refractivity contribution >= 4 is 17.3 Å². The molecule has 0 saturated carbocycles. The highest BCUT2D eigenvalue weighted by molar-refractivity contribution is 6.04. The van der Waals surface area contributed by atoms with Crippen molar-refractivity contribution in [2.75, 3.05) is 5.32 Å². The van der Waals surface area contributed by atoms with Crippen LogP contribution in [0, 0.1) is 10.1 Å². The number of amides is 1. The molecule has 0 bridgehead atoms. The van der Waals surface area contributed by atoms with E-state index in [4.69, 9.17) is 0 Å². The van der Waals surface area contributed by atoms with E-state index in [0.29, 0.717) is 0 Å². The molecule has 98 valence electrons. The largest absolute Gasteiger partial charge is 0.506 e. The molecule has 2 N–H and O–H groups in total. The van der Waals surface area contributed by atoms with E-state index >= 15 is 0 Å². The maximum atomic E-state index is 11.8. The molecular weight excluding hydrogens is 252 g/mol. The van der Waals surface area contributed by atoms with Gasteiger partial charge in [0.2, 0.25) is 0 Å². The molecule has 2 aromatic rings. The summed E-state index contributed by atoms with van der Waals surface area (Å²) in [5, 5.41) is 26.4. The average Bonchev–Trinajstić information content (AvgIpc) is 2.78. The standard InChI is InChI=1S/C11H10N4O4/c1-14-6-7(5-12-14)11(17)13-9-4-8(15(18)19)2-3-10(9)16/h2-6,16H,1H3,(H,13,17). The van der Waals surface area contributed by atoms with Crippen LogP contribution in [0.15, 0.2) is 30.6 Å². The number of non-ortho nitro benzene ring substituents is 1. The van der Waals surface area contributed by atoms with Gasteiger partial charge in [0.25, 0.3) is 11.6 Å². The summed E-state index contributed by atoms with van der Waals surface area (Å²) in [6.45, 7) is 0. The van der Waals surface area contributed by atoms with Crippen molar-refractivity contribution in [3.8, 4) is 5.75 Å². The molecule has 8 nitrogen and oxygen atoms in total. The van der Waals surface area contributed by atoms with Crippen molar-refractivity contribution in [3.05, 3.63) is 46.3 Å². The van der Waals surface area contributed by atoms with Gasteiger partial charge in [0.1, 0.15) is 5.75 Å². The van der Waals surface area contributed by atoms with Crippen LogP contribution in [0.25, 0.3) is 0 Å². The summed E-state index contributed by atoms with van der Waals surface area (Å²) >= 11 is 0. The number of rotatable bonds is 3. The topological polar surface area (TPSA) is 110 Å². The Morgan fingerprint density at radius 1 is 1.53 bits per heavy atom. The maximum absolute atomic E-state index is 11.8. The van der Waals surface area contributed by atoms with E-state index in [-0.39, 0.29) is 22.7 Å². The minimum Gasteiger partial charge on any atom is -0.506 e. The predicted molar refractivity (Wildman–Crippen MR) is 65.9 cm³/mol. The summed E-state index contributed by atoms with van der Waals surface area (Å²) in [5.74, 6) is -0.758. The second-order valence-corrected chi connectivity index (χ2v) is 3.82. The number of nitro groups is 1. The number of hydrogen-bond acceptors (Lipinski definition) is 5.